The second kappa shape index (κ2) is 9.43. The van der Waals surface area contributed by atoms with Gasteiger partial charge in [-0.3, -0.25) is 15.1 Å². The molecule has 2 atom stereocenters. The van der Waals surface area contributed by atoms with E-state index in [-0.39, 0.29) is 18.0 Å². The summed E-state index contributed by atoms with van der Waals surface area (Å²) in [5.41, 5.74) is 5.35. The Kier molecular flexibility index (Phi) is 6.20. The largest absolute Gasteiger partial charge is 0.361 e. The molecule has 1 aliphatic rings. The van der Waals surface area contributed by atoms with Crippen molar-refractivity contribution in [1.29, 1.82) is 0 Å². The summed E-state index contributed by atoms with van der Waals surface area (Å²) in [4.78, 5) is 17.6. The lowest BCUT2D eigenvalue weighted by Crippen LogP contribution is -2.46. The van der Waals surface area contributed by atoms with E-state index < -0.39 is 0 Å². The summed E-state index contributed by atoms with van der Waals surface area (Å²) in [5.74, 6) is 1.30. The van der Waals surface area contributed by atoms with Gasteiger partial charge in [0, 0.05) is 35.4 Å². The molecule has 0 unspecified atom stereocenters. The molecule has 7 heteroatoms. The molecule has 1 amide bonds. The van der Waals surface area contributed by atoms with Gasteiger partial charge in [0.15, 0.2) is 0 Å². The summed E-state index contributed by atoms with van der Waals surface area (Å²) in [7, 11) is 0. The lowest BCUT2D eigenvalue weighted by atomic mass is 9.94. The minimum absolute atomic E-state index is 0.000223. The van der Waals surface area contributed by atoms with Crippen LogP contribution in [0.25, 0.3) is 10.9 Å². The van der Waals surface area contributed by atoms with Crippen molar-refractivity contribution in [1.82, 2.24) is 25.3 Å². The predicted molar refractivity (Wildman–Crippen MR) is 131 cm³/mol. The summed E-state index contributed by atoms with van der Waals surface area (Å²) < 4.78 is 7.51. The van der Waals surface area contributed by atoms with Crippen molar-refractivity contribution in [3.63, 3.8) is 0 Å². The number of rotatable bonds is 7. The third-order valence-corrected chi connectivity index (χ3v) is 6.42. The van der Waals surface area contributed by atoms with Crippen LogP contribution in [-0.2, 0) is 24.3 Å². The van der Waals surface area contributed by atoms with Crippen molar-refractivity contribution in [2.45, 2.75) is 58.8 Å². The van der Waals surface area contributed by atoms with Gasteiger partial charge in [-0.1, -0.05) is 37.2 Å². The van der Waals surface area contributed by atoms with Crippen LogP contribution in [0.3, 0.4) is 0 Å². The van der Waals surface area contributed by atoms with E-state index in [4.69, 9.17) is 4.52 Å². The average Bonchev–Trinajstić information content (AvgIpc) is 3.35. The minimum Gasteiger partial charge on any atom is -0.361 e. The molecule has 1 aromatic carbocycles. The van der Waals surface area contributed by atoms with Crippen LogP contribution in [0, 0.1) is 12.8 Å². The van der Waals surface area contributed by atoms with E-state index in [0.717, 1.165) is 23.6 Å². The Morgan fingerprint density at radius 2 is 2.12 bits per heavy atom. The molecule has 0 fully saturated rings. The number of carbonyl (C=O) groups is 1. The van der Waals surface area contributed by atoms with Crippen LogP contribution in [-0.4, -0.2) is 26.7 Å². The van der Waals surface area contributed by atoms with E-state index in [0.29, 0.717) is 25.4 Å². The van der Waals surface area contributed by atoms with Crippen molar-refractivity contribution in [2.24, 2.45) is 5.92 Å². The molecule has 2 N–H and O–H groups in total. The lowest BCUT2D eigenvalue weighted by Gasteiger charge is -2.25. The molecule has 0 radical (unpaired) electrons. The third kappa shape index (κ3) is 4.61. The molecule has 4 aromatic rings. The van der Waals surface area contributed by atoms with Crippen LogP contribution in [0.15, 0.2) is 59.4 Å². The zero-order chi connectivity index (χ0) is 23.7. The van der Waals surface area contributed by atoms with Crippen molar-refractivity contribution in [2.75, 3.05) is 0 Å². The quantitative estimate of drug-likeness (QED) is 0.432. The number of aromatic nitrogens is 3. The third-order valence-electron chi connectivity index (χ3n) is 6.42. The molecule has 1 aliphatic heterocycles. The van der Waals surface area contributed by atoms with Crippen molar-refractivity contribution < 1.29 is 9.32 Å². The van der Waals surface area contributed by atoms with Gasteiger partial charge < -0.3 is 14.4 Å². The number of nitrogens with zero attached hydrogens (tertiary/aromatic N) is 3. The number of aryl methyl sites for hydroxylation is 1. The normalized spacial score (nSPS) is 17.8. The van der Waals surface area contributed by atoms with Gasteiger partial charge in [0.05, 0.1) is 24.8 Å². The Hall–Kier alpha value is -3.45. The van der Waals surface area contributed by atoms with E-state index >= 15 is 0 Å². The molecule has 0 bridgehead atoms. The van der Waals surface area contributed by atoms with Crippen LogP contribution in [0.1, 0.15) is 54.6 Å². The van der Waals surface area contributed by atoms with Crippen LogP contribution >= 0.6 is 0 Å². The van der Waals surface area contributed by atoms with Gasteiger partial charge in [0.2, 0.25) is 5.91 Å². The maximum absolute atomic E-state index is 13.3. The molecule has 34 heavy (non-hydrogen) atoms. The first kappa shape index (κ1) is 22.3. The molecule has 5 rings (SSSR count). The lowest BCUT2D eigenvalue weighted by molar-refractivity contribution is -0.123. The van der Waals surface area contributed by atoms with Crippen LogP contribution in [0.5, 0.6) is 0 Å². The number of amides is 1. The van der Waals surface area contributed by atoms with E-state index in [2.05, 4.69) is 63.6 Å². The monoisotopic (exact) mass is 457 g/mol. The van der Waals surface area contributed by atoms with Crippen LogP contribution in [0.4, 0.5) is 0 Å². The molecule has 0 saturated heterocycles. The van der Waals surface area contributed by atoms with Gasteiger partial charge >= 0.3 is 0 Å². The van der Waals surface area contributed by atoms with Gasteiger partial charge in [0.1, 0.15) is 11.5 Å². The molecular weight excluding hydrogens is 426 g/mol. The molecule has 4 heterocycles. The number of pyridine rings is 1. The van der Waals surface area contributed by atoms with E-state index in [1.807, 2.05) is 31.2 Å². The second-order valence-corrected chi connectivity index (χ2v) is 9.60. The molecule has 0 aliphatic carbocycles. The fraction of sp³-hybridized carbons (Fsp3) is 0.370. The summed E-state index contributed by atoms with van der Waals surface area (Å²) in [6, 6.07) is 13.9. The first-order valence-electron chi connectivity index (χ1n) is 11.9. The van der Waals surface area contributed by atoms with Gasteiger partial charge in [0.25, 0.3) is 0 Å². The zero-order valence-corrected chi connectivity index (χ0v) is 19.9. The molecule has 0 saturated carbocycles. The maximum Gasteiger partial charge on any atom is 0.237 e. The van der Waals surface area contributed by atoms with Gasteiger partial charge in [-0.15, -0.1) is 0 Å². The number of hydrogen-bond donors (Lipinski definition) is 2. The van der Waals surface area contributed by atoms with Crippen molar-refractivity contribution >= 4 is 16.8 Å². The van der Waals surface area contributed by atoms with Gasteiger partial charge in [-0.05, 0) is 55.0 Å². The fourth-order valence-corrected chi connectivity index (χ4v) is 4.96. The summed E-state index contributed by atoms with van der Waals surface area (Å²) in [6.45, 7) is 7.41. The Labute approximate surface area is 199 Å². The molecule has 7 nitrogen and oxygen atoms in total. The first-order chi connectivity index (χ1) is 16.5. The number of nitrogens with one attached hydrogen (secondary N) is 2. The van der Waals surface area contributed by atoms with Crippen LogP contribution in [0.2, 0.25) is 0 Å². The van der Waals surface area contributed by atoms with Gasteiger partial charge in [-0.2, -0.15) is 0 Å². The zero-order valence-electron chi connectivity index (χ0n) is 19.9. The van der Waals surface area contributed by atoms with Crippen LogP contribution < -0.4 is 10.6 Å². The Morgan fingerprint density at radius 3 is 2.85 bits per heavy atom. The maximum atomic E-state index is 13.3. The fourth-order valence-electron chi connectivity index (χ4n) is 4.96. The number of benzene rings is 1. The Balaban J connectivity index is 1.47. The van der Waals surface area contributed by atoms with E-state index in [9.17, 15) is 4.79 Å². The second-order valence-electron chi connectivity index (χ2n) is 9.60. The molecular formula is C27H31N5O2. The summed E-state index contributed by atoms with van der Waals surface area (Å²) in [6.07, 6.45) is 5.50. The molecule has 0 spiro atoms. The Morgan fingerprint density at radius 1 is 1.24 bits per heavy atom. The smallest absolute Gasteiger partial charge is 0.237 e. The van der Waals surface area contributed by atoms with Gasteiger partial charge in [-0.25, -0.2) is 0 Å². The highest BCUT2D eigenvalue weighted by molar-refractivity contribution is 5.90. The number of carbonyl (C=O) groups excluding carboxylic acids is 1. The highest BCUT2D eigenvalue weighted by atomic mass is 16.5. The molecule has 176 valence electrons. The minimum atomic E-state index is -0.326. The average molecular weight is 458 g/mol. The SMILES string of the molecule is Cc1cc(Cn2cc3c4c(cccc42)[C@H](CC(C)C)N[C@H](C(=O)NCc2ccccn2)C3)no1. The Bertz CT molecular complexity index is 1290. The van der Waals surface area contributed by atoms with E-state index in [1.54, 1.807) is 6.20 Å². The highest BCUT2D eigenvalue weighted by Crippen LogP contribution is 2.36. The topological polar surface area (TPSA) is 85.0 Å². The van der Waals surface area contributed by atoms with Crippen molar-refractivity contribution in [3.05, 3.63) is 83.1 Å². The highest BCUT2D eigenvalue weighted by Gasteiger charge is 2.31. The van der Waals surface area contributed by atoms with Crippen molar-refractivity contribution in [3.8, 4) is 0 Å². The number of hydrogen-bond acceptors (Lipinski definition) is 5. The summed E-state index contributed by atoms with van der Waals surface area (Å²) >= 11 is 0. The predicted octanol–water partition coefficient (Wildman–Crippen LogP) is 4.30. The molecule has 3 aromatic heterocycles. The summed E-state index contributed by atoms with van der Waals surface area (Å²) in [5, 5.41) is 12.2. The standard InChI is InChI=1S/C27H31N5O2/c1-17(2)11-23-22-8-6-9-25-26(22)19(15-32(25)16-21-12-18(3)34-31-21)13-24(30-23)27(33)29-14-20-7-4-5-10-28-20/h4-10,12,15,17,23-24,30H,11,13-14,16H2,1-3H3,(H,29,33)/t23-,24-/m0/s1. The van der Waals surface area contributed by atoms with E-state index in [1.165, 1.54) is 22.0 Å². The first-order valence-corrected chi connectivity index (χ1v) is 11.9.